The van der Waals surface area contributed by atoms with Crippen molar-refractivity contribution in [1.29, 1.82) is 0 Å². The van der Waals surface area contributed by atoms with Crippen LogP contribution in [0.2, 0.25) is 5.44 Å². The van der Waals surface area contributed by atoms with Crippen molar-refractivity contribution in [3.63, 3.8) is 0 Å². The second-order valence-corrected chi connectivity index (χ2v) is 14.0. The molecule has 1 heterocycles. The van der Waals surface area contributed by atoms with Gasteiger partial charge in [-0.2, -0.15) is 0 Å². The van der Waals surface area contributed by atoms with E-state index in [9.17, 15) is 0 Å². The van der Waals surface area contributed by atoms with Crippen LogP contribution < -0.4 is 15.6 Å². The second-order valence-electron chi connectivity index (χ2n) is 9.97. The Balaban J connectivity index is 2.05. The molecule has 1 saturated heterocycles. The third kappa shape index (κ3) is 4.38. The molecule has 1 unspecified atom stereocenters. The van der Waals surface area contributed by atoms with Gasteiger partial charge in [0.2, 0.25) is 0 Å². The van der Waals surface area contributed by atoms with Crippen molar-refractivity contribution >= 4 is 30.8 Å². The SMILES string of the molecule is C/C=C\C=C\C(B1OC(C)(C)C(C)(C)O1)[Si](c1ccccc1)(c1ccccc1)c1ccccc1. The number of hydrogen-bond donors (Lipinski definition) is 0. The van der Waals surface area contributed by atoms with Gasteiger partial charge >= 0.3 is 7.12 Å². The number of benzene rings is 3. The van der Waals surface area contributed by atoms with E-state index in [1.807, 2.05) is 6.92 Å². The Morgan fingerprint density at radius 2 is 1.03 bits per heavy atom. The van der Waals surface area contributed by atoms with Gasteiger partial charge in [0.1, 0.15) is 0 Å². The molecule has 1 aliphatic heterocycles. The minimum absolute atomic E-state index is 0.0111. The molecule has 0 bridgehead atoms. The molecule has 1 atom stereocenters. The summed E-state index contributed by atoms with van der Waals surface area (Å²) in [5.74, 6) is 0. The van der Waals surface area contributed by atoms with Crippen LogP contribution in [0, 0.1) is 0 Å². The summed E-state index contributed by atoms with van der Waals surface area (Å²) < 4.78 is 13.5. The molecule has 0 aromatic heterocycles. The Hall–Kier alpha value is -2.66. The standard InChI is InChI=1S/C30H35BO2Si/c1-6-7-11-24-28(31-32-29(2,3)30(4,5)33-31)34(25-18-12-8-13-19-25,26-20-14-9-15-21-26)27-22-16-10-17-23-27/h6-24,28H,1-5H3/b7-6-,24-11+. The van der Waals surface area contributed by atoms with Crippen LogP contribution in [0.5, 0.6) is 0 Å². The third-order valence-electron chi connectivity index (χ3n) is 7.37. The van der Waals surface area contributed by atoms with Crippen LogP contribution in [0.15, 0.2) is 115 Å². The molecule has 3 aromatic carbocycles. The average Bonchev–Trinajstić information content (AvgIpc) is 3.07. The summed E-state index contributed by atoms with van der Waals surface area (Å²) in [5.41, 5.74) is -0.805. The lowest BCUT2D eigenvalue weighted by molar-refractivity contribution is 0.00578. The summed E-state index contributed by atoms with van der Waals surface area (Å²) in [7, 11) is -3.04. The van der Waals surface area contributed by atoms with Crippen LogP contribution in [0.4, 0.5) is 0 Å². The van der Waals surface area contributed by atoms with Crippen molar-refractivity contribution in [1.82, 2.24) is 0 Å². The molecule has 0 saturated carbocycles. The number of hydrogen-bond acceptors (Lipinski definition) is 2. The summed E-state index contributed by atoms with van der Waals surface area (Å²) in [6.07, 6.45) is 8.64. The van der Waals surface area contributed by atoms with Crippen LogP contribution in [-0.4, -0.2) is 26.4 Å². The van der Waals surface area contributed by atoms with E-state index in [1.165, 1.54) is 15.6 Å². The Morgan fingerprint density at radius 1 is 0.647 bits per heavy atom. The van der Waals surface area contributed by atoms with Crippen molar-refractivity contribution in [3.05, 3.63) is 115 Å². The first-order valence-electron chi connectivity index (χ1n) is 12.1. The first-order chi connectivity index (χ1) is 16.3. The van der Waals surface area contributed by atoms with Gasteiger partial charge in [-0.15, -0.1) is 0 Å². The van der Waals surface area contributed by atoms with Crippen molar-refractivity contribution in [2.45, 2.75) is 51.3 Å². The summed E-state index contributed by atoms with van der Waals surface area (Å²) in [6.45, 7) is 10.6. The topological polar surface area (TPSA) is 18.5 Å². The summed E-state index contributed by atoms with van der Waals surface area (Å²) in [6, 6.07) is 32.9. The Morgan fingerprint density at radius 3 is 1.38 bits per heavy atom. The van der Waals surface area contributed by atoms with Crippen LogP contribution >= 0.6 is 0 Å². The Kier molecular flexibility index (Phi) is 7.13. The summed E-state index contributed by atoms with van der Waals surface area (Å²) in [5, 5.41) is 4.03. The maximum absolute atomic E-state index is 6.76. The van der Waals surface area contributed by atoms with E-state index in [-0.39, 0.29) is 12.6 Å². The van der Waals surface area contributed by atoms with Crippen LogP contribution in [0.25, 0.3) is 0 Å². The van der Waals surface area contributed by atoms with Gasteiger partial charge in [-0.25, -0.2) is 0 Å². The minimum atomic E-state index is -2.66. The number of rotatable bonds is 7. The van der Waals surface area contributed by atoms with Crippen molar-refractivity contribution in [2.24, 2.45) is 0 Å². The molecule has 174 valence electrons. The van der Waals surface area contributed by atoms with Crippen molar-refractivity contribution in [2.75, 3.05) is 0 Å². The smallest absolute Gasteiger partial charge is 0.403 e. The highest BCUT2D eigenvalue weighted by atomic mass is 28.3. The fourth-order valence-electron chi connectivity index (χ4n) is 4.95. The molecule has 2 nitrogen and oxygen atoms in total. The van der Waals surface area contributed by atoms with E-state index in [0.29, 0.717) is 0 Å². The first-order valence-corrected chi connectivity index (χ1v) is 14.2. The second kappa shape index (κ2) is 9.91. The molecule has 0 amide bonds. The van der Waals surface area contributed by atoms with Gasteiger partial charge in [-0.3, -0.25) is 0 Å². The highest BCUT2D eigenvalue weighted by Crippen LogP contribution is 2.42. The minimum Gasteiger partial charge on any atom is -0.403 e. The molecule has 4 rings (SSSR count). The normalized spacial score (nSPS) is 18.6. The van der Waals surface area contributed by atoms with Crippen LogP contribution in [0.3, 0.4) is 0 Å². The zero-order chi connectivity index (χ0) is 24.2. The lowest BCUT2D eigenvalue weighted by atomic mass is 9.83. The molecule has 3 aromatic rings. The largest absolute Gasteiger partial charge is 0.463 e. The quantitative estimate of drug-likeness (QED) is 0.268. The lowest BCUT2D eigenvalue weighted by Crippen LogP contribution is -2.72. The van der Waals surface area contributed by atoms with Crippen molar-refractivity contribution < 1.29 is 9.31 Å². The van der Waals surface area contributed by atoms with E-state index in [4.69, 9.17) is 9.31 Å². The summed E-state index contributed by atoms with van der Waals surface area (Å²) >= 11 is 0. The predicted molar refractivity (Wildman–Crippen MR) is 148 cm³/mol. The van der Waals surface area contributed by atoms with Gasteiger partial charge < -0.3 is 9.31 Å². The Labute approximate surface area is 206 Å². The van der Waals surface area contributed by atoms with Crippen LogP contribution in [0.1, 0.15) is 34.6 Å². The first kappa shape index (κ1) is 24.5. The van der Waals surface area contributed by atoms with E-state index >= 15 is 0 Å². The molecular formula is C30H35BO2Si. The highest BCUT2D eigenvalue weighted by Gasteiger charge is 2.59. The molecule has 0 spiro atoms. The summed E-state index contributed by atoms with van der Waals surface area (Å²) in [4.78, 5) is 0. The third-order valence-corrected chi connectivity index (χ3v) is 12.6. The molecule has 0 N–H and O–H groups in total. The molecule has 1 fully saturated rings. The number of allylic oxidation sites excluding steroid dienone is 4. The molecule has 0 radical (unpaired) electrons. The molecule has 4 heteroatoms. The van der Waals surface area contributed by atoms with E-state index in [2.05, 4.69) is 143 Å². The van der Waals surface area contributed by atoms with Gasteiger partial charge in [0, 0.05) is 5.44 Å². The molecule has 34 heavy (non-hydrogen) atoms. The molecule has 0 aliphatic carbocycles. The Bertz CT molecular complexity index is 1010. The highest BCUT2D eigenvalue weighted by molar-refractivity contribution is 7.16. The van der Waals surface area contributed by atoms with Gasteiger partial charge in [0.25, 0.3) is 0 Å². The fraction of sp³-hybridized carbons (Fsp3) is 0.267. The zero-order valence-corrected chi connectivity index (χ0v) is 21.9. The van der Waals surface area contributed by atoms with Gasteiger partial charge in [-0.05, 0) is 50.2 Å². The average molecular weight is 467 g/mol. The van der Waals surface area contributed by atoms with Crippen LogP contribution in [-0.2, 0) is 9.31 Å². The van der Waals surface area contributed by atoms with Crippen molar-refractivity contribution in [3.8, 4) is 0 Å². The van der Waals surface area contributed by atoms with E-state index < -0.39 is 19.3 Å². The fourth-order valence-corrected chi connectivity index (χ4v) is 10.2. The zero-order valence-electron chi connectivity index (χ0n) is 20.9. The maximum Gasteiger partial charge on any atom is 0.463 e. The maximum atomic E-state index is 6.76. The predicted octanol–water partition coefficient (Wildman–Crippen LogP) is 5.29. The monoisotopic (exact) mass is 466 g/mol. The van der Waals surface area contributed by atoms with Gasteiger partial charge in [0.05, 0.1) is 11.2 Å². The molecule has 1 aliphatic rings. The van der Waals surface area contributed by atoms with E-state index in [0.717, 1.165) is 0 Å². The lowest BCUT2D eigenvalue weighted by Gasteiger charge is -2.40. The van der Waals surface area contributed by atoms with E-state index in [1.54, 1.807) is 0 Å². The van der Waals surface area contributed by atoms with Gasteiger partial charge in [-0.1, -0.05) is 115 Å². The van der Waals surface area contributed by atoms with Gasteiger partial charge in [0.15, 0.2) is 8.07 Å². The molecular weight excluding hydrogens is 431 g/mol.